The van der Waals surface area contributed by atoms with Crippen LogP contribution in [0.1, 0.15) is 44.7 Å². The summed E-state index contributed by atoms with van der Waals surface area (Å²) in [6, 6.07) is 3.66. The first-order chi connectivity index (χ1) is 13.6. The van der Waals surface area contributed by atoms with E-state index in [9.17, 15) is 26.4 Å². The van der Waals surface area contributed by atoms with Gasteiger partial charge >= 0.3 is 5.76 Å². The minimum Gasteiger partial charge on any atom is -0.489 e. The van der Waals surface area contributed by atoms with Gasteiger partial charge in [-0.1, -0.05) is 13.0 Å². The number of benzene rings is 1. The van der Waals surface area contributed by atoms with Crippen LogP contribution in [0.5, 0.6) is 5.75 Å². The predicted molar refractivity (Wildman–Crippen MR) is 99.3 cm³/mol. The lowest BCUT2D eigenvalue weighted by molar-refractivity contribution is -0.121. The van der Waals surface area contributed by atoms with Gasteiger partial charge in [-0.15, -0.1) is 0 Å². The summed E-state index contributed by atoms with van der Waals surface area (Å²) in [7, 11) is -3.70. The average Bonchev–Trinajstić information content (AvgIpc) is 3.45. The summed E-state index contributed by atoms with van der Waals surface area (Å²) in [5.74, 6) is -4.61. The monoisotopic (exact) mass is 438 g/mol. The molecule has 29 heavy (non-hydrogen) atoms. The third-order valence-corrected chi connectivity index (χ3v) is 6.34. The van der Waals surface area contributed by atoms with E-state index in [0.717, 1.165) is 0 Å². The largest absolute Gasteiger partial charge is 0.489 e. The highest BCUT2D eigenvalue weighted by molar-refractivity contribution is 7.89. The number of hydrogen-bond donors (Lipinski definition) is 1. The number of alkyl halides is 2. The summed E-state index contributed by atoms with van der Waals surface area (Å²) < 4.78 is 75.1. The fourth-order valence-corrected chi connectivity index (χ4v) is 4.06. The standard InChI is InChI=1S/C18H25F3N2O5S/c1-4-16(24)22-12(2)13-5-6-14(19)15(9-13)28-10-18(7-8-18)23(11-27-3)29(25,26)17(20)21/h5-6,9,12,17H,4,7-8,10-11H2,1-3H3,(H,22,24). The Morgan fingerprint density at radius 2 is 2.00 bits per heavy atom. The molecule has 1 amide bonds. The van der Waals surface area contributed by atoms with Gasteiger partial charge in [0, 0.05) is 13.5 Å². The maximum Gasteiger partial charge on any atom is 0.350 e. The highest BCUT2D eigenvalue weighted by Gasteiger charge is 2.56. The van der Waals surface area contributed by atoms with Crippen LogP contribution >= 0.6 is 0 Å². The Labute approximate surface area is 168 Å². The SMILES string of the molecule is CCC(=O)NC(C)c1ccc(F)c(OCC2(N(COC)S(=O)(=O)C(F)F)CC2)c1. The van der Waals surface area contributed by atoms with E-state index < -0.39 is 39.9 Å². The van der Waals surface area contributed by atoms with Crippen LogP contribution in [0.25, 0.3) is 0 Å². The second-order valence-electron chi connectivity index (χ2n) is 6.92. The van der Waals surface area contributed by atoms with Crippen LogP contribution in [0.4, 0.5) is 13.2 Å². The van der Waals surface area contributed by atoms with Crippen molar-refractivity contribution in [2.24, 2.45) is 0 Å². The Morgan fingerprint density at radius 3 is 2.52 bits per heavy atom. The Bertz CT molecular complexity index is 831. The van der Waals surface area contributed by atoms with Crippen molar-refractivity contribution < 1.29 is 35.9 Å². The first kappa shape index (κ1) is 23.4. The van der Waals surface area contributed by atoms with E-state index in [1.54, 1.807) is 13.8 Å². The Balaban J connectivity index is 2.18. The first-order valence-corrected chi connectivity index (χ1v) is 10.6. The van der Waals surface area contributed by atoms with Crippen LogP contribution in [-0.4, -0.2) is 50.4 Å². The van der Waals surface area contributed by atoms with E-state index in [4.69, 9.17) is 9.47 Å². The molecule has 1 atom stereocenters. The zero-order chi connectivity index (χ0) is 21.8. The van der Waals surface area contributed by atoms with E-state index >= 15 is 0 Å². The summed E-state index contributed by atoms with van der Waals surface area (Å²) in [6.45, 7) is 2.56. The summed E-state index contributed by atoms with van der Waals surface area (Å²) >= 11 is 0. The summed E-state index contributed by atoms with van der Waals surface area (Å²) in [5, 5.41) is 2.74. The van der Waals surface area contributed by atoms with Crippen LogP contribution in [0.3, 0.4) is 0 Å². The number of sulfonamides is 1. The van der Waals surface area contributed by atoms with Crippen molar-refractivity contribution in [2.75, 3.05) is 20.4 Å². The molecule has 1 aromatic rings. The topological polar surface area (TPSA) is 84.9 Å². The van der Waals surface area contributed by atoms with Gasteiger partial charge < -0.3 is 14.8 Å². The van der Waals surface area contributed by atoms with Gasteiger partial charge in [-0.2, -0.15) is 13.1 Å². The molecule has 11 heteroatoms. The van der Waals surface area contributed by atoms with Gasteiger partial charge in [-0.3, -0.25) is 4.79 Å². The van der Waals surface area contributed by atoms with Crippen molar-refractivity contribution in [2.45, 2.75) is 50.4 Å². The molecule has 1 aliphatic carbocycles. The molecule has 0 radical (unpaired) electrons. The highest BCUT2D eigenvalue weighted by atomic mass is 32.2. The van der Waals surface area contributed by atoms with Gasteiger partial charge in [-0.25, -0.2) is 12.8 Å². The molecule has 0 bridgehead atoms. The van der Waals surface area contributed by atoms with Crippen LogP contribution in [0, 0.1) is 5.82 Å². The molecule has 164 valence electrons. The minimum atomic E-state index is -4.90. The molecular weight excluding hydrogens is 413 g/mol. The van der Waals surface area contributed by atoms with Crippen LogP contribution in [0.15, 0.2) is 18.2 Å². The third-order valence-electron chi connectivity index (χ3n) is 4.79. The van der Waals surface area contributed by atoms with Crippen molar-refractivity contribution in [3.05, 3.63) is 29.6 Å². The van der Waals surface area contributed by atoms with Gasteiger partial charge in [0.05, 0.1) is 11.6 Å². The molecule has 1 aromatic carbocycles. The van der Waals surface area contributed by atoms with Crippen molar-refractivity contribution >= 4 is 15.9 Å². The van der Waals surface area contributed by atoms with Gasteiger partial charge in [0.15, 0.2) is 11.6 Å². The molecule has 2 rings (SSSR count). The molecule has 1 saturated carbocycles. The highest BCUT2D eigenvalue weighted by Crippen LogP contribution is 2.44. The summed E-state index contributed by atoms with van der Waals surface area (Å²) in [6.07, 6.45) is 0.866. The number of nitrogens with one attached hydrogen (secondary N) is 1. The molecule has 7 nitrogen and oxygen atoms in total. The third kappa shape index (κ3) is 5.40. The maximum atomic E-state index is 14.2. The molecule has 1 unspecified atom stereocenters. The zero-order valence-corrected chi connectivity index (χ0v) is 17.3. The van der Waals surface area contributed by atoms with E-state index in [2.05, 4.69) is 5.32 Å². The van der Waals surface area contributed by atoms with Crippen molar-refractivity contribution in [3.63, 3.8) is 0 Å². The lowest BCUT2D eigenvalue weighted by atomic mass is 10.1. The average molecular weight is 438 g/mol. The van der Waals surface area contributed by atoms with E-state index in [-0.39, 0.29) is 31.1 Å². The number of carbonyl (C=O) groups excluding carboxylic acids is 1. The predicted octanol–water partition coefficient (Wildman–Crippen LogP) is 2.78. The normalized spacial score (nSPS) is 16.7. The smallest absolute Gasteiger partial charge is 0.350 e. The second-order valence-corrected chi connectivity index (χ2v) is 8.74. The second kappa shape index (κ2) is 9.31. The number of rotatable bonds is 11. The number of amides is 1. The van der Waals surface area contributed by atoms with Crippen LogP contribution < -0.4 is 10.1 Å². The molecular formula is C18H25F3N2O5S. The molecule has 1 N–H and O–H groups in total. The maximum absolute atomic E-state index is 14.2. The quantitative estimate of drug-likeness (QED) is 0.537. The summed E-state index contributed by atoms with van der Waals surface area (Å²) in [5.41, 5.74) is -0.627. The number of carbonyl (C=O) groups is 1. The van der Waals surface area contributed by atoms with Gasteiger partial charge in [0.1, 0.15) is 13.3 Å². The Hall–Kier alpha value is -1.85. The Kier molecular flexibility index (Phi) is 7.52. The number of ether oxygens (including phenoxy) is 2. The molecule has 0 aromatic heterocycles. The van der Waals surface area contributed by atoms with Crippen LogP contribution in [0.2, 0.25) is 0 Å². The number of hydrogen-bond acceptors (Lipinski definition) is 5. The van der Waals surface area contributed by atoms with E-state index in [1.165, 1.54) is 25.3 Å². The fraction of sp³-hybridized carbons (Fsp3) is 0.611. The fourth-order valence-electron chi connectivity index (χ4n) is 2.84. The van der Waals surface area contributed by atoms with Crippen molar-refractivity contribution in [1.82, 2.24) is 9.62 Å². The molecule has 0 heterocycles. The number of methoxy groups -OCH3 is 1. The Morgan fingerprint density at radius 1 is 1.34 bits per heavy atom. The van der Waals surface area contributed by atoms with E-state index in [0.29, 0.717) is 16.3 Å². The lowest BCUT2D eigenvalue weighted by Crippen LogP contribution is -2.48. The van der Waals surface area contributed by atoms with Gasteiger partial charge in [0.2, 0.25) is 5.91 Å². The molecule has 0 saturated heterocycles. The van der Waals surface area contributed by atoms with Gasteiger partial charge in [0.25, 0.3) is 10.0 Å². The molecule has 1 aliphatic rings. The van der Waals surface area contributed by atoms with Gasteiger partial charge in [-0.05, 0) is 37.5 Å². The summed E-state index contributed by atoms with van der Waals surface area (Å²) in [4.78, 5) is 11.5. The minimum absolute atomic E-state index is 0.154. The number of nitrogens with zero attached hydrogens (tertiary/aromatic N) is 1. The van der Waals surface area contributed by atoms with Crippen molar-refractivity contribution in [1.29, 1.82) is 0 Å². The molecule has 1 fully saturated rings. The van der Waals surface area contributed by atoms with Crippen molar-refractivity contribution in [3.8, 4) is 5.75 Å². The number of halogens is 3. The zero-order valence-electron chi connectivity index (χ0n) is 16.5. The molecule has 0 spiro atoms. The lowest BCUT2D eigenvalue weighted by Gasteiger charge is -2.30. The molecule has 0 aliphatic heterocycles. The first-order valence-electron chi connectivity index (χ1n) is 9.07. The van der Waals surface area contributed by atoms with Crippen LogP contribution in [-0.2, 0) is 19.6 Å². The van der Waals surface area contributed by atoms with E-state index in [1.807, 2.05) is 0 Å².